The minimum Gasteiger partial charge on any atom is -0.396 e. The first-order valence-corrected chi connectivity index (χ1v) is 8.95. The van der Waals surface area contributed by atoms with Crippen molar-refractivity contribution < 1.29 is 14.7 Å². The van der Waals surface area contributed by atoms with E-state index in [1.807, 2.05) is 4.90 Å². The third kappa shape index (κ3) is 5.77. The standard InChI is InChI=1S/C17H31N3O3/c1-18-8-2-4-15(14-18)5-6-16(22)19-9-3-10-20(12-11-19)17(23)7-13-21/h15,21H,2-14H2,1H3. The first kappa shape index (κ1) is 18.2. The smallest absolute Gasteiger partial charge is 0.224 e. The molecule has 0 aromatic heterocycles. The predicted octanol–water partition coefficient (Wildman–Crippen LogP) is 0.552. The molecule has 0 aromatic carbocycles. The summed E-state index contributed by atoms with van der Waals surface area (Å²) in [5, 5.41) is 8.87. The summed E-state index contributed by atoms with van der Waals surface area (Å²) in [5.74, 6) is 0.869. The number of carbonyl (C=O) groups excluding carboxylic acids is 2. The molecule has 1 N–H and O–H groups in total. The summed E-state index contributed by atoms with van der Waals surface area (Å²) in [4.78, 5) is 30.3. The number of amides is 2. The maximum absolute atomic E-state index is 12.4. The van der Waals surface area contributed by atoms with Gasteiger partial charge in [0.25, 0.3) is 0 Å². The van der Waals surface area contributed by atoms with Gasteiger partial charge < -0.3 is 19.8 Å². The van der Waals surface area contributed by atoms with Crippen LogP contribution in [0, 0.1) is 5.92 Å². The molecule has 23 heavy (non-hydrogen) atoms. The molecule has 2 heterocycles. The van der Waals surface area contributed by atoms with Crippen molar-refractivity contribution in [3.05, 3.63) is 0 Å². The van der Waals surface area contributed by atoms with E-state index >= 15 is 0 Å². The fourth-order valence-electron chi connectivity index (χ4n) is 3.66. The lowest BCUT2D eigenvalue weighted by Crippen LogP contribution is -2.38. The number of aliphatic hydroxyl groups is 1. The normalized spacial score (nSPS) is 23.7. The number of aliphatic hydroxyl groups excluding tert-OH is 1. The van der Waals surface area contributed by atoms with Gasteiger partial charge >= 0.3 is 0 Å². The molecule has 2 saturated heterocycles. The summed E-state index contributed by atoms with van der Waals surface area (Å²) in [6.45, 7) is 4.83. The molecular weight excluding hydrogens is 294 g/mol. The van der Waals surface area contributed by atoms with Gasteiger partial charge in [-0.05, 0) is 45.2 Å². The average molecular weight is 325 g/mol. The molecule has 2 aliphatic heterocycles. The van der Waals surface area contributed by atoms with Crippen LogP contribution in [0.1, 0.15) is 38.5 Å². The van der Waals surface area contributed by atoms with Gasteiger partial charge in [-0.15, -0.1) is 0 Å². The molecule has 0 aliphatic carbocycles. The highest BCUT2D eigenvalue weighted by Crippen LogP contribution is 2.20. The van der Waals surface area contributed by atoms with Crippen LogP contribution in [-0.4, -0.2) is 84.5 Å². The zero-order valence-corrected chi connectivity index (χ0v) is 14.4. The van der Waals surface area contributed by atoms with Crippen molar-refractivity contribution in [1.82, 2.24) is 14.7 Å². The number of hydrogen-bond donors (Lipinski definition) is 1. The Kier molecular flexibility index (Phi) is 7.30. The van der Waals surface area contributed by atoms with Crippen LogP contribution in [0.2, 0.25) is 0 Å². The van der Waals surface area contributed by atoms with E-state index in [0.717, 1.165) is 25.9 Å². The summed E-state index contributed by atoms with van der Waals surface area (Å²) in [7, 11) is 2.15. The Hall–Kier alpha value is -1.14. The predicted molar refractivity (Wildman–Crippen MR) is 88.9 cm³/mol. The molecule has 2 fully saturated rings. The number of hydrogen-bond acceptors (Lipinski definition) is 4. The zero-order valence-electron chi connectivity index (χ0n) is 14.4. The Labute approximate surface area is 139 Å². The van der Waals surface area contributed by atoms with E-state index in [1.165, 1.54) is 19.4 Å². The molecule has 1 atom stereocenters. The quantitative estimate of drug-likeness (QED) is 0.802. The topological polar surface area (TPSA) is 64.1 Å². The third-order valence-corrected chi connectivity index (χ3v) is 5.02. The molecule has 6 heteroatoms. The van der Waals surface area contributed by atoms with E-state index < -0.39 is 0 Å². The van der Waals surface area contributed by atoms with Crippen LogP contribution in [0.4, 0.5) is 0 Å². The first-order valence-electron chi connectivity index (χ1n) is 8.95. The van der Waals surface area contributed by atoms with Gasteiger partial charge in [-0.25, -0.2) is 0 Å². The number of nitrogens with zero attached hydrogens (tertiary/aromatic N) is 3. The van der Waals surface area contributed by atoms with Gasteiger partial charge in [-0.1, -0.05) is 0 Å². The minimum atomic E-state index is -0.103. The first-order chi connectivity index (χ1) is 11.1. The molecular formula is C17H31N3O3. The fraction of sp³-hybridized carbons (Fsp3) is 0.882. The summed E-state index contributed by atoms with van der Waals surface area (Å²) in [6, 6.07) is 0. The van der Waals surface area contributed by atoms with Crippen LogP contribution >= 0.6 is 0 Å². The number of likely N-dealkylation sites (tertiary alicyclic amines) is 1. The highest BCUT2D eigenvalue weighted by molar-refractivity contribution is 5.77. The molecule has 132 valence electrons. The van der Waals surface area contributed by atoms with Crippen LogP contribution in [0.25, 0.3) is 0 Å². The number of rotatable bonds is 5. The molecule has 0 bridgehead atoms. The van der Waals surface area contributed by atoms with E-state index in [1.54, 1.807) is 4.90 Å². The van der Waals surface area contributed by atoms with Gasteiger partial charge in [0.2, 0.25) is 11.8 Å². The van der Waals surface area contributed by atoms with Gasteiger partial charge in [0.1, 0.15) is 0 Å². The molecule has 6 nitrogen and oxygen atoms in total. The Balaban J connectivity index is 1.73. The fourth-order valence-corrected chi connectivity index (χ4v) is 3.66. The number of piperidine rings is 1. The van der Waals surface area contributed by atoms with Crippen molar-refractivity contribution in [2.75, 3.05) is 52.9 Å². The van der Waals surface area contributed by atoms with Crippen LogP contribution in [0.15, 0.2) is 0 Å². The summed E-state index contributed by atoms with van der Waals surface area (Å²) in [5.41, 5.74) is 0. The zero-order chi connectivity index (χ0) is 16.7. The Morgan fingerprint density at radius 2 is 1.61 bits per heavy atom. The van der Waals surface area contributed by atoms with E-state index in [2.05, 4.69) is 11.9 Å². The molecule has 0 spiro atoms. The van der Waals surface area contributed by atoms with Crippen LogP contribution in [-0.2, 0) is 9.59 Å². The third-order valence-electron chi connectivity index (χ3n) is 5.02. The molecule has 2 rings (SSSR count). The largest absolute Gasteiger partial charge is 0.396 e. The van der Waals surface area contributed by atoms with Crippen molar-refractivity contribution in [2.45, 2.75) is 38.5 Å². The maximum Gasteiger partial charge on any atom is 0.224 e. The Morgan fingerprint density at radius 3 is 2.22 bits per heavy atom. The van der Waals surface area contributed by atoms with Crippen LogP contribution in [0.5, 0.6) is 0 Å². The summed E-state index contributed by atoms with van der Waals surface area (Å²) in [6.07, 6.45) is 5.09. The lowest BCUT2D eigenvalue weighted by molar-refractivity contribution is -0.134. The lowest BCUT2D eigenvalue weighted by atomic mass is 9.93. The average Bonchev–Trinajstić information content (AvgIpc) is 2.79. The lowest BCUT2D eigenvalue weighted by Gasteiger charge is -2.30. The van der Waals surface area contributed by atoms with E-state index in [-0.39, 0.29) is 24.8 Å². The molecule has 2 amide bonds. The van der Waals surface area contributed by atoms with E-state index in [4.69, 9.17) is 5.11 Å². The van der Waals surface area contributed by atoms with Gasteiger partial charge in [-0.3, -0.25) is 9.59 Å². The van der Waals surface area contributed by atoms with Gasteiger partial charge in [0, 0.05) is 45.6 Å². The van der Waals surface area contributed by atoms with Crippen molar-refractivity contribution in [1.29, 1.82) is 0 Å². The van der Waals surface area contributed by atoms with E-state index in [9.17, 15) is 9.59 Å². The monoisotopic (exact) mass is 325 g/mol. The van der Waals surface area contributed by atoms with Gasteiger partial charge in [-0.2, -0.15) is 0 Å². The molecule has 0 saturated carbocycles. The van der Waals surface area contributed by atoms with Gasteiger partial charge in [0.05, 0.1) is 6.61 Å². The highest BCUT2D eigenvalue weighted by Gasteiger charge is 2.23. The highest BCUT2D eigenvalue weighted by atomic mass is 16.3. The van der Waals surface area contributed by atoms with Crippen molar-refractivity contribution >= 4 is 11.8 Å². The van der Waals surface area contributed by atoms with Crippen molar-refractivity contribution in [2.24, 2.45) is 5.92 Å². The van der Waals surface area contributed by atoms with Crippen molar-refractivity contribution in [3.63, 3.8) is 0 Å². The molecule has 0 aromatic rings. The summed E-state index contributed by atoms with van der Waals surface area (Å²) < 4.78 is 0. The summed E-state index contributed by atoms with van der Waals surface area (Å²) >= 11 is 0. The number of carbonyl (C=O) groups is 2. The SMILES string of the molecule is CN1CCCC(CCC(=O)N2CCCN(C(=O)CCO)CC2)C1. The Morgan fingerprint density at radius 1 is 0.957 bits per heavy atom. The van der Waals surface area contributed by atoms with E-state index in [0.29, 0.717) is 32.0 Å². The van der Waals surface area contributed by atoms with Crippen LogP contribution < -0.4 is 0 Å². The van der Waals surface area contributed by atoms with Gasteiger partial charge in [0.15, 0.2) is 0 Å². The second-order valence-electron chi connectivity index (χ2n) is 6.90. The molecule has 2 aliphatic rings. The second-order valence-corrected chi connectivity index (χ2v) is 6.90. The van der Waals surface area contributed by atoms with Crippen LogP contribution in [0.3, 0.4) is 0 Å². The second kappa shape index (κ2) is 9.23. The molecule has 1 unspecified atom stereocenters. The van der Waals surface area contributed by atoms with Crippen molar-refractivity contribution in [3.8, 4) is 0 Å². The Bertz CT molecular complexity index is 403. The minimum absolute atomic E-state index is 0.00737. The maximum atomic E-state index is 12.4. The molecule has 0 radical (unpaired) electrons.